The summed E-state index contributed by atoms with van der Waals surface area (Å²) in [5.41, 5.74) is 3.39. The Hall–Kier alpha value is -2.31. The second kappa shape index (κ2) is 8.20. The first-order chi connectivity index (χ1) is 14.0. The zero-order valence-corrected chi connectivity index (χ0v) is 18.1. The van der Waals surface area contributed by atoms with Crippen LogP contribution in [0.2, 0.25) is 5.02 Å². The van der Waals surface area contributed by atoms with Crippen molar-refractivity contribution < 1.29 is 4.79 Å². The lowest BCUT2D eigenvalue weighted by atomic mass is 9.98. The largest absolute Gasteiger partial charge is 0.324 e. The number of carbonyl (C=O) groups excluding carboxylic acids is 1. The lowest BCUT2D eigenvalue weighted by molar-refractivity contribution is 0.175. The van der Waals surface area contributed by atoms with E-state index in [9.17, 15) is 4.79 Å². The number of halogens is 1. The van der Waals surface area contributed by atoms with Crippen molar-refractivity contribution in [3.05, 3.63) is 64.7 Å². The average Bonchev–Trinajstić information content (AvgIpc) is 3.09. The van der Waals surface area contributed by atoms with Gasteiger partial charge in [-0.1, -0.05) is 41.9 Å². The highest BCUT2D eigenvalue weighted by atomic mass is 35.5. The predicted molar refractivity (Wildman–Crippen MR) is 123 cm³/mol. The van der Waals surface area contributed by atoms with E-state index in [1.54, 1.807) is 11.8 Å². The molecular weight excluding hydrogens is 404 g/mol. The van der Waals surface area contributed by atoms with Crippen molar-refractivity contribution in [3.8, 4) is 0 Å². The van der Waals surface area contributed by atoms with Gasteiger partial charge in [0, 0.05) is 42.2 Å². The molecule has 5 nitrogen and oxygen atoms in total. The number of anilines is 1. The van der Waals surface area contributed by atoms with Gasteiger partial charge in [0.05, 0.1) is 5.71 Å². The zero-order chi connectivity index (χ0) is 20.4. The van der Waals surface area contributed by atoms with E-state index in [0.717, 1.165) is 40.4 Å². The summed E-state index contributed by atoms with van der Waals surface area (Å²) in [5.74, 6) is 0. The summed E-state index contributed by atoms with van der Waals surface area (Å²) < 4.78 is 0. The molecule has 2 aromatic carbocycles. The Balaban J connectivity index is 1.47. The predicted octanol–water partition coefficient (Wildman–Crippen LogP) is 5.24. The van der Waals surface area contributed by atoms with Crippen LogP contribution in [0.3, 0.4) is 0 Å². The fourth-order valence-corrected chi connectivity index (χ4v) is 4.40. The number of thioether (sulfide) groups is 1. The number of nitrogens with zero attached hydrogens (tertiary/aromatic N) is 3. The van der Waals surface area contributed by atoms with E-state index in [1.165, 1.54) is 0 Å². The fraction of sp³-hybridized carbons (Fsp3) is 0.318. The summed E-state index contributed by atoms with van der Waals surface area (Å²) in [7, 11) is 0. The Morgan fingerprint density at radius 2 is 1.79 bits per heavy atom. The first kappa shape index (κ1) is 20.0. The summed E-state index contributed by atoms with van der Waals surface area (Å²) in [6.07, 6.45) is 3.46. The third-order valence-electron chi connectivity index (χ3n) is 5.38. The molecule has 7 heteroatoms. The molecule has 0 bridgehead atoms. The van der Waals surface area contributed by atoms with Crippen molar-refractivity contribution in [3.63, 3.8) is 0 Å². The Morgan fingerprint density at radius 1 is 1.10 bits per heavy atom. The summed E-state index contributed by atoms with van der Waals surface area (Å²) in [6.45, 7) is 3.24. The molecule has 29 heavy (non-hydrogen) atoms. The van der Waals surface area contributed by atoms with Crippen molar-refractivity contribution in [1.29, 1.82) is 0 Å². The molecule has 150 valence electrons. The third kappa shape index (κ3) is 4.19. The highest BCUT2D eigenvalue weighted by Gasteiger charge is 2.40. The fourth-order valence-electron chi connectivity index (χ4n) is 3.66. The molecule has 2 aliphatic heterocycles. The van der Waals surface area contributed by atoms with Crippen molar-refractivity contribution in [1.82, 2.24) is 4.90 Å². The van der Waals surface area contributed by atoms with Crippen LogP contribution in [0.25, 0.3) is 0 Å². The van der Waals surface area contributed by atoms with Crippen LogP contribution < -0.4 is 5.32 Å². The second-order valence-corrected chi connectivity index (χ2v) is 8.53. The van der Waals surface area contributed by atoms with E-state index in [1.807, 2.05) is 66.6 Å². The molecule has 0 aromatic heterocycles. The van der Waals surface area contributed by atoms with Gasteiger partial charge < -0.3 is 10.2 Å². The number of amides is 2. The van der Waals surface area contributed by atoms with Crippen LogP contribution in [-0.2, 0) is 0 Å². The molecule has 0 saturated carbocycles. The van der Waals surface area contributed by atoms with Gasteiger partial charge in [-0.05, 0) is 36.9 Å². The van der Waals surface area contributed by atoms with Gasteiger partial charge in [-0.15, -0.1) is 11.8 Å². The third-order valence-corrected chi connectivity index (χ3v) is 6.30. The number of urea groups is 1. The van der Waals surface area contributed by atoms with Crippen LogP contribution in [0, 0.1) is 6.92 Å². The molecular formula is C22H23ClN4OS. The van der Waals surface area contributed by atoms with Gasteiger partial charge in [0.25, 0.3) is 0 Å². The minimum Gasteiger partial charge on any atom is -0.324 e. The summed E-state index contributed by atoms with van der Waals surface area (Å²) >= 11 is 7.64. The van der Waals surface area contributed by atoms with Crippen LogP contribution in [0.4, 0.5) is 10.5 Å². The Labute approximate surface area is 180 Å². The molecule has 0 unspecified atom stereocenters. The molecule has 0 radical (unpaired) electrons. The summed E-state index contributed by atoms with van der Waals surface area (Å²) in [5, 5.41) is 4.67. The molecule has 2 aliphatic rings. The minimum absolute atomic E-state index is 0.0666. The van der Waals surface area contributed by atoms with E-state index in [2.05, 4.69) is 5.32 Å². The first-order valence-electron chi connectivity index (χ1n) is 9.61. The number of hydrogen-bond donors (Lipinski definition) is 1. The number of aryl methyl sites for hydroxylation is 1. The molecule has 2 heterocycles. The molecule has 0 aliphatic carbocycles. The maximum atomic E-state index is 12.7. The number of hydrogen-bond acceptors (Lipinski definition) is 4. The van der Waals surface area contributed by atoms with E-state index in [0.29, 0.717) is 18.1 Å². The number of likely N-dealkylation sites (tertiary alicyclic amines) is 1. The maximum Gasteiger partial charge on any atom is 0.321 e. The second-order valence-electron chi connectivity index (χ2n) is 7.30. The highest BCUT2D eigenvalue weighted by molar-refractivity contribution is 8.15. The van der Waals surface area contributed by atoms with Gasteiger partial charge in [-0.25, -0.2) is 9.79 Å². The Morgan fingerprint density at radius 3 is 2.45 bits per heavy atom. The van der Waals surface area contributed by atoms with Gasteiger partial charge in [-0.2, -0.15) is 0 Å². The first-order valence-corrected chi connectivity index (χ1v) is 11.2. The SMILES string of the molecule is CSC1=NC2(CCN(C(=O)Nc3ccccc3C)CC2)N=C1c1ccc(Cl)cc1. The lowest BCUT2D eigenvalue weighted by Crippen LogP contribution is -2.46. The van der Waals surface area contributed by atoms with Crippen LogP contribution in [-0.4, -0.2) is 46.7 Å². The Bertz CT molecular complexity index is 979. The van der Waals surface area contributed by atoms with E-state index >= 15 is 0 Å². The number of benzene rings is 2. The molecule has 1 fully saturated rings. The van der Waals surface area contributed by atoms with Crippen molar-refractivity contribution >= 4 is 45.8 Å². The number of carbonyl (C=O) groups is 1. The molecule has 1 N–H and O–H groups in total. The average molecular weight is 427 g/mol. The van der Waals surface area contributed by atoms with E-state index in [-0.39, 0.29) is 6.03 Å². The topological polar surface area (TPSA) is 57.1 Å². The monoisotopic (exact) mass is 426 g/mol. The number of nitrogens with one attached hydrogen (secondary N) is 1. The molecule has 4 rings (SSSR count). The van der Waals surface area contributed by atoms with Crippen LogP contribution in [0.15, 0.2) is 58.5 Å². The van der Waals surface area contributed by atoms with Gasteiger partial charge in [0.2, 0.25) is 0 Å². The normalized spacial score (nSPS) is 17.8. The standard InChI is InChI=1S/C22H23ClN4OS/c1-15-5-3-4-6-18(15)24-21(28)27-13-11-22(12-14-27)25-19(20(26-22)29-2)16-7-9-17(23)10-8-16/h3-10H,11-14H2,1-2H3,(H,24,28). The molecule has 2 aromatic rings. The van der Waals surface area contributed by atoms with Crippen molar-refractivity contribution in [2.75, 3.05) is 24.7 Å². The van der Waals surface area contributed by atoms with Crippen molar-refractivity contribution in [2.45, 2.75) is 25.4 Å². The van der Waals surface area contributed by atoms with E-state index < -0.39 is 5.66 Å². The van der Waals surface area contributed by atoms with Gasteiger partial charge in [0.15, 0.2) is 5.66 Å². The lowest BCUT2D eigenvalue weighted by Gasteiger charge is -2.35. The van der Waals surface area contributed by atoms with Crippen molar-refractivity contribution in [2.24, 2.45) is 9.98 Å². The van der Waals surface area contributed by atoms with Gasteiger partial charge >= 0.3 is 6.03 Å². The summed E-state index contributed by atoms with van der Waals surface area (Å²) in [6, 6.07) is 15.5. The molecule has 1 spiro atoms. The van der Waals surface area contributed by atoms with Crippen LogP contribution in [0.1, 0.15) is 24.0 Å². The highest BCUT2D eigenvalue weighted by Crippen LogP contribution is 2.35. The molecule has 2 amide bonds. The molecule has 0 atom stereocenters. The number of piperidine rings is 1. The van der Waals surface area contributed by atoms with E-state index in [4.69, 9.17) is 21.6 Å². The van der Waals surface area contributed by atoms with Crippen LogP contribution >= 0.6 is 23.4 Å². The van der Waals surface area contributed by atoms with Crippen LogP contribution in [0.5, 0.6) is 0 Å². The quantitative estimate of drug-likeness (QED) is 0.714. The summed E-state index contributed by atoms with van der Waals surface area (Å²) in [4.78, 5) is 24.5. The number of aliphatic imine (C=N–C) groups is 2. The number of para-hydroxylation sites is 1. The maximum absolute atomic E-state index is 12.7. The number of rotatable bonds is 2. The smallest absolute Gasteiger partial charge is 0.321 e. The minimum atomic E-state index is -0.466. The van der Waals surface area contributed by atoms with Gasteiger partial charge in [0.1, 0.15) is 5.04 Å². The van der Waals surface area contributed by atoms with Gasteiger partial charge in [-0.3, -0.25) is 4.99 Å². The zero-order valence-electron chi connectivity index (χ0n) is 16.5. The Kier molecular flexibility index (Phi) is 5.65. The molecule has 1 saturated heterocycles.